The van der Waals surface area contributed by atoms with Crippen LogP contribution in [0.4, 0.5) is 0 Å². The van der Waals surface area contributed by atoms with Gasteiger partial charge in [0.2, 0.25) is 5.76 Å². The first-order valence-corrected chi connectivity index (χ1v) is 3.74. The van der Waals surface area contributed by atoms with Gasteiger partial charge in [0.1, 0.15) is 6.07 Å². The highest BCUT2D eigenvalue weighted by Gasteiger charge is 2.18. The Balaban J connectivity index is 2.97. The third-order valence-electron chi connectivity index (χ3n) is 1.49. The number of aromatic nitrogens is 1. The summed E-state index contributed by atoms with van der Waals surface area (Å²) in [5.74, 6) is -0.520. The highest BCUT2D eigenvalue weighted by atomic mass is 16.5. The molecule has 0 aliphatic heterocycles. The van der Waals surface area contributed by atoms with Gasteiger partial charge in [-0.3, -0.25) is 0 Å². The predicted molar refractivity (Wildman–Crippen MR) is 41.9 cm³/mol. The van der Waals surface area contributed by atoms with Crippen molar-refractivity contribution in [2.45, 2.75) is 13.8 Å². The lowest BCUT2D eigenvalue weighted by molar-refractivity contribution is 0.0514. The zero-order chi connectivity index (χ0) is 9.84. The van der Waals surface area contributed by atoms with Crippen LogP contribution in [0.1, 0.15) is 28.7 Å². The number of ether oxygens (including phenoxy) is 1. The second-order valence-electron chi connectivity index (χ2n) is 2.32. The lowest BCUT2D eigenvalue weighted by Gasteiger charge is -1.96. The average molecular weight is 180 g/mol. The molecule has 1 rings (SSSR count). The number of hydrogen-bond acceptors (Lipinski definition) is 5. The topological polar surface area (TPSA) is 76.1 Å². The van der Waals surface area contributed by atoms with Crippen LogP contribution in [0.5, 0.6) is 0 Å². The van der Waals surface area contributed by atoms with E-state index < -0.39 is 5.97 Å². The minimum Gasteiger partial charge on any atom is -0.461 e. The minimum absolute atomic E-state index is 0.0445. The van der Waals surface area contributed by atoms with Crippen LogP contribution >= 0.6 is 0 Å². The van der Waals surface area contributed by atoms with Crippen LogP contribution in [0, 0.1) is 18.3 Å². The zero-order valence-corrected chi connectivity index (χ0v) is 7.33. The first kappa shape index (κ1) is 9.26. The fourth-order valence-electron chi connectivity index (χ4n) is 0.830. The molecule has 0 radical (unpaired) electrons. The Morgan fingerprint density at radius 2 is 2.46 bits per heavy atom. The smallest absolute Gasteiger partial charge is 0.360 e. The molecule has 0 aromatic carbocycles. The predicted octanol–water partition coefficient (Wildman–Crippen LogP) is 1.03. The van der Waals surface area contributed by atoms with E-state index in [-0.39, 0.29) is 18.1 Å². The lowest BCUT2D eigenvalue weighted by atomic mass is 10.2. The number of hydrogen-bond donors (Lipinski definition) is 0. The molecule has 0 fully saturated rings. The summed E-state index contributed by atoms with van der Waals surface area (Å²) in [6.45, 7) is 3.55. The van der Waals surface area contributed by atoms with Crippen molar-refractivity contribution < 1.29 is 14.1 Å². The Kier molecular flexibility index (Phi) is 2.65. The molecule has 0 bridgehead atoms. The molecule has 0 atom stereocenters. The Labute approximate surface area is 74.9 Å². The van der Waals surface area contributed by atoms with Gasteiger partial charge in [-0.05, 0) is 13.8 Å². The molecule has 0 aliphatic rings. The van der Waals surface area contributed by atoms with Gasteiger partial charge in [0.25, 0.3) is 0 Å². The SMILES string of the molecule is CCOC(=O)c1noc(C#N)c1C. The van der Waals surface area contributed by atoms with E-state index in [0.717, 1.165) is 0 Å². The highest BCUT2D eigenvalue weighted by Crippen LogP contribution is 2.12. The molecular weight excluding hydrogens is 172 g/mol. The molecule has 0 N–H and O–H groups in total. The van der Waals surface area contributed by atoms with Crippen LogP contribution in [-0.2, 0) is 4.74 Å². The van der Waals surface area contributed by atoms with E-state index in [0.29, 0.717) is 5.56 Å². The molecule has 1 aromatic rings. The number of carbonyl (C=O) groups is 1. The number of nitrogens with zero attached hydrogens (tertiary/aromatic N) is 2. The lowest BCUT2D eigenvalue weighted by Crippen LogP contribution is -2.06. The first-order valence-electron chi connectivity index (χ1n) is 3.74. The number of esters is 1. The summed E-state index contributed by atoms with van der Waals surface area (Å²) >= 11 is 0. The van der Waals surface area contributed by atoms with E-state index in [1.165, 1.54) is 0 Å². The maximum Gasteiger partial charge on any atom is 0.360 e. The maximum atomic E-state index is 11.1. The Morgan fingerprint density at radius 3 is 2.92 bits per heavy atom. The van der Waals surface area contributed by atoms with Gasteiger partial charge in [-0.25, -0.2) is 4.79 Å². The second kappa shape index (κ2) is 3.72. The summed E-state index contributed by atoms with van der Waals surface area (Å²) in [5, 5.41) is 11.9. The molecule has 68 valence electrons. The highest BCUT2D eigenvalue weighted by molar-refractivity contribution is 5.89. The molecule has 0 unspecified atom stereocenters. The fraction of sp³-hybridized carbons (Fsp3) is 0.375. The third-order valence-corrected chi connectivity index (χ3v) is 1.49. The van der Waals surface area contributed by atoms with Crippen molar-refractivity contribution in [1.29, 1.82) is 5.26 Å². The van der Waals surface area contributed by atoms with Gasteiger partial charge in [0, 0.05) is 5.56 Å². The molecule has 0 spiro atoms. The van der Waals surface area contributed by atoms with Gasteiger partial charge in [0.05, 0.1) is 6.61 Å². The molecule has 0 saturated heterocycles. The summed E-state index contributed by atoms with van der Waals surface area (Å²) in [5.41, 5.74) is 0.486. The van der Waals surface area contributed by atoms with E-state index in [2.05, 4.69) is 9.68 Å². The van der Waals surface area contributed by atoms with Crippen LogP contribution in [0.2, 0.25) is 0 Å². The normalized spacial score (nSPS) is 9.31. The standard InChI is InChI=1S/C8H8N2O3/c1-3-12-8(11)7-5(2)6(4-9)13-10-7/h3H2,1-2H3. The minimum atomic E-state index is -0.565. The van der Waals surface area contributed by atoms with E-state index in [9.17, 15) is 4.79 Å². The summed E-state index contributed by atoms with van der Waals surface area (Å²) in [4.78, 5) is 11.1. The largest absolute Gasteiger partial charge is 0.461 e. The average Bonchev–Trinajstić information content (AvgIpc) is 2.47. The number of carbonyl (C=O) groups excluding carboxylic acids is 1. The molecule has 13 heavy (non-hydrogen) atoms. The van der Waals surface area contributed by atoms with E-state index in [1.807, 2.05) is 0 Å². The summed E-state index contributed by atoms with van der Waals surface area (Å²) < 4.78 is 9.30. The first-order chi connectivity index (χ1) is 6.20. The van der Waals surface area contributed by atoms with Crippen LogP contribution in [0.3, 0.4) is 0 Å². The Bertz CT molecular complexity index is 362. The summed E-state index contributed by atoms with van der Waals surface area (Å²) in [7, 11) is 0. The van der Waals surface area contributed by atoms with Crippen molar-refractivity contribution in [3.05, 3.63) is 17.0 Å². The van der Waals surface area contributed by atoms with Crippen molar-refractivity contribution in [1.82, 2.24) is 5.16 Å². The van der Waals surface area contributed by atoms with Crippen molar-refractivity contribution in [3.63, 3.8) is 0 Å². The van der Waals surface area contributed by atoms with E-state index >= 15 is 0 Å². The quantitative estimate of drug-likeness (QED) is 0.635. The van der Waals surface area contributed by atoms with Crippen LogP contribution < -0.4 is 0 Å². The molecular formula is C8H8N2O3. The van der Waals surface area contributed by atoms with Crippen molar-refractivity contribution in [2.75, 3.05) is 6.61 Å². The van der Waals surface area contributed by atoms with Crippen LogP contribution in [0.15, 0.2) is 4.52 Å². The van der Waals surface area contributed by atoms with Crippen LogP contribution in [-0.4, -0.2) is 17.7 Å². The summed E-state index contributed by atoms with van der Waals surface area (Å²) in [6, 6.07) is 1.78. The molecule has 5 nitrogen and oxygen atoms in total. The number of rotatable bonds is 2. The zero-order valence-electron chi connectivity index (χ0n) is 7.33. The van der Waals surface area contributed by atoms with Gasteiger partial charge in [-0.2, -0.15) is 5.26 Å². The third kappa shape index (κ3) is 1.67. The number of nitriles is 1. The Morgan fingerprint density at radius 1 is 1.77 bits per heavy atom. The molecule has 5 heteroatoms. The van der Waals surface area contributed by atoms with Gasteiger partial charge in [0.15, 0.2) is 5.69 Å². The van der Waals surface area contributed by atoms with Crippen LogP contribution in [0.25, 0.3) is 0 Å². The molecule has 0 amide bonds. The monoisotopic (exact) mass is 180 g/mol. The molecule has 0 saturated carbocycles. The van der Waals surface area contributed by atoms with Gasteiger partial charge >= 0.3 is 5.97 Å². The summed E-state index contributed by atoms with van der Waals surface area (Å²) in [6.07, 6.45) is 0. The molecule has 1 heterocycles. The molecule has 1 aromatic heterocycles. The maximum absolute atomic E-state index is 11.1. The van der Waals surface area contributed by atoms with Gasteiger partial charge < -0.3 is 9.26 Å². The fourth-order valence-corrected chi connectivity index (χ4v) is 0.830. The van der Waals surface area contributed by atoms with Gasteiger partial charge in [-0.15, -0.1) is 0 Å². The Hall–Kier alpha value is -1.83. The van der Waals surface area contributed by atoms with E-state index in [1.54, 1.807) is 19.9 Å². The molecule has 0 aliphatic carbocycles. The van der Waals surface area contributed by atoms with Crippen molar-refractivity contribution >= 4 is 5.97 Å². The van der Waals surface area contributed by atoms with Crippen molar-refractivity contribution in [2.24, 2.45) is 0 Å². The van der Waals surface area contributed by atoms with Crippen molar-refractivity contribution in [3.8, 4) is 6.07 Å². The second-order valence-corrected chi connectivity index (χ2v) is 2.32. The van der Waals surface area contributed by atoms with Gasteiger partial charge in [-0.1, -0.05) is 5.16 Å². The van der Waals surface area contributed by atoms with E-state index in [4.69, 9.17) is 10.00 Å².